The van der Waals surface area contributed by atoms with Gasteiger partial charge in [0.05, 0.1) is 5.92 Å². The first-order chi connectivity index (χ1) is 7.79. The Labute approximate surface area is 104 Å². The number of hydrogen-bond acceptors (Lipinski definition) is 3. The number of Topliss-reactive ketones (excluding diaryl/α,β-unsaturated/α-hetero) is 1. The lowest BCUT2D eigenvalue weighted by Gasteiger charge is -2.26. The summed E-state index contributed by atoms with van der Waals surface area (Å²) < 4.78 is 0. The van der Waals surface area contributed by atoms with Crippen molar-refractivity contribution in [3.05, 3.63) is 0 Å². The molecule has 4 unspecified atom stereocenters. The van der Waals surface area contributed by atoms with Crippen molar-refractivity contribution in [2.75, 3.05) is 7.05 Å². The summed E-state index contributed by atoms with van der Waals surface area (Å²) >= 11 is 0. The fraction of sp³-hybridized carbons (Fsp3) is 0.846. The van der Waals surface area contributed by atoms with Crippen molar-refractivity contribution in [2.45, 2.75) is 46.6 Å². The van der Waals surface area contributed by atoms with E-state index in [4.69, 9.17) is 5.11 Å². The average Bonchev–Trinajstić information content (AvgIpc) is 2.24. The Kier molecular flexibility index (Phi) is 7.04. The molecule has 0 aromatic carbocycles. The van der Waals surface area contributed by atoms with E-state index >= 15 is 0 Å². The van der Waals surface area contributed by atoms with Crippen LogP contribution in [0, 0.1) is 17.8 Å². The molecule has 0 saturated carbocycles. The SMILES string of the molecule is CNC(CC(C)C(=O)O)C(C)CC(C)C(C)=O. The van der Waals surface area contributed by atoms with E-state index in [-0.39, 0.29) is 23.7 Å². The van der Waals surface area contributed by atoms with Crippen LogP contribution in [0.3, 0.4) is 0 Å². The summed E-state index contributed by atoms with van der Waals surface area (Å²) in [5.74, 6) is -0.598. The van der Waals surface area contributed by atoms with E-state index in [1.165, 1.54) is 0 Å². The highest BCUT2D eigenvalue weighted by molar-refractivity contribution is 5.77. The predicted molar refractivity (Wildman–Crippen MR) is 67.9 cm³/mol. The van der Waals surface area contributed by atoms with E-state index in [0.717, 1.165) is 6.42 Å². The summed E-state index contributed by atoms with van der Waals surface area (Å²) in [6.45, 7) is 7.31. The van der Waals surface area contributed by atoms with E-state index < -0.39 is 5.97 Å². The van der Waals surface area contributed by atoms with Gasteiger partial charge in [-0.25, -0.2) is 0 Å². The molecule has 0 aromatic rings. The summed E-state index contributed by atoms with van der Waals surface area (Å²) in [6.07, 6.45) is 1.39. The maximum absolute atomic E-state index is 11.2. The number of aliphatic carboxylic acids is 1. The predicted octanol–water partition coefficient (Wildman–Crippen LogP) is 1.94. The topological polar surface area (TPSA) is 66.4 Å². The van der Waals surface area contributed by atoms with Crippen molar-refractivity contribution < 1.29 is 14.7 Å². The summed E-state index contributed by atoms with van der Waals surface area (Å²) in [7, 11) is 1.84. The van der Waals surface area contributed by atoms with Crippen LogP contribution in [0.15, 0.2) is 0 Å². The first kappa shape index (κ1) is 16.1. The summed E-state index contributed by atoms with van der Waals surface area (Å²) in [4.78, 5) is 22.0. The van der Waals surface area contributed by atoms with E-state index in [0.29, 0.717) is 12.3 Å². The summed E-state index contributed by atoms with van der Waals surface area (Å²) in [5, 5.41) is 12.1. The van der Waals surface area contributed by atoms with Crippen LogP contribution in [0.25, 0.3) is 0 Å². The second-order valence-electron chi connectivity index (χ2n) is 5.09. The van der Waals surface area contributed by atoms with Gasteiger partial charge >= 0.3 is 5.97 Å². The third-order valence-electron chi connectivity index (χ3n) is 3.51. The Hall–Kier alpha value is -0.900. The number of ketones is 1. The van der Waals surface area contributed by atoms with Gasteiger partial charge in [-0.1, -0.05) is 20.8 Å². The van der Waals surface area contributed by atoms with Crippen molar-refractivity contribution in [3.8, 4) is 0 Å². The zero-order valence-electron chi connectivity index (χ0n) is 11.5. The largest absolute Gasteiger partial charge is 0.481 e. The fourth-order valence-corrected chi connectivity index (χ4v) is 2.00. The number of rotatable bonds is 8. The Morgan fingerprint density at radius 2 is 1.65 bits per heavy atom. The lowest BCUT2D eigenvalue weighted by Crippen LogP contribution is -2.36. The van der Waals surface area contributed by atoms with Gasteiger partial charge in [0.25, 0.3) is 0 Å². The molecule has 0 rings (SSSR count). The van der Waals surface area contributed by atoms with Crippen LogP contribution < -0.4 is 5.32 Å². The van der Waals surface area contributed by atoms with E-state index in [2.05, 4.69) is 12.2 Å². The molecular formula is C13H25NO3. The normalized spacial score (nSPS) is 18.2. The minimum Gasteiger partial charge on any atom is -0.481 e. The van der Waals surface area contributed by atoms with Crippen LogP contribution in [-0.2, 0) is 9.59 Å². The number of hydrogen-bond donors (Lipinski definition) is 2. The number of carboxylic acids is 1. The molecule has 0 aliphatic rings. The van der Waals surface area contributed by atoms with E-state index in [1.807, 2.05) is 14.0 Å². The van der Waals surface area contributed by atoms with Crippen LogP contribution in [-0.4, -0.2) is 29.9 Å². The molecule has 17 heavy (non-hydrogen) atoms. The Morgan fingerprint density at radius 1 is 1.12 bits per heavy atom. The molecule has 2 N–H and O–H groups in total. The molecule has 0 heterocycles. The van der Waals surface area contributed by atoms with Gasteiger partial charge in [-0.3, -0.25) is 9.59 Å². The van der Waals surface area contributed by atoms with Gasteiger partial charge in [0.2, 0.25) is 0 Å². The molecule has 0 amide bonds. The van der Waals surface area contributed by atoms with E-state index in [9.17, 15) is 9.59 Å². The minimum atomic E-state index is -0.767. The first-order valence-electron chi connectivity index (χ1n) is 6.20. The van der Waals surface area contributed by atoms with Crippen molar-refractivity contribution in [3.63, 3.8) is 0 Å². The first-order valence-corrected chi connectivity index (χ1v) is 6.20. The van der Waals surface area contributed by atoms with Crippen LogP contribution in [0.4, 0.5) is 0 Å². The zero-order valence-corrected chi connectivity index (χ0v) is 11.5. The molecule has 0 aliphatic heterocycles. The van der Waals surface area contributed by atoms with Gasteiger partial charge in [-0.2, -0.15) is 0 Å². The Morgan fingerprint density at radius 3 is 2.00 bits per heavy atom. The molecule has 100 valence electrons. The quantitative estimate of drug-likeness (QED) is 0.683. The molecular weight excluding hydrogens is 218 g/mol. The summed E-state index contributed by atoms with van der Waals surface area (Å²) in [5.41, 5.74) is 0. The lowest BCUT2D eigenvalue weighted by atomic mass is 9.85. The third-order valence-corrected chi connectivity index (χ3v) is 3.51. The number of nitrogens with one attached hydrogen (secondary N) is 1. The molecule has 0 fully saturated rings. The molecule has 4 heteroatoms. The van der Waals surface area contributed by atoms with E-state index in [1.54, 1.807) is 13.8 Å². The molecule has 0 aliphatic carbocycles. The third kappa shape index (κ3) is 5.82. The van der Waals surface area contributed by atoms with Crippen molar-refractivity contribution in [1.82, 2.24) is 5.32 Å². The molecule has 0 spiro atoms. The zero-order chi connectivity index (χ0) is 13.6. The molecule has 4 nitrogen and oxygen atoms in total. The highest BCUT2D eigenvalue weighted by Crippen LogP contribution is 2.20. The highest BCUT2D eigenvalue weighted by atomic mass is 16.4. The second kappa shape index (κ2) is 7.43. The van der Waals surface area contributed by atoms with Gasteiger partial charge in [-0.05, 0) is 32.7 Å². The second-order valence-corrected chi connectivity index (χ2v) is 5.09. The van der Waals surface area contributed by atoms with Crippen LogP contribution in [0.1, 0.15) is 40.5 Å². The molecule has 0 radical (unpaired) electrons. The minimum absolute atomic E-state index is 0.0426. The van der Waals surface area contributed by atoms with Gasteiger partial charge in [-0.15, -0.1) is 0 Å². The van der Waals surface area contributed by atoms with Crippen LogP contribution in [0.2, 0.25) is 0 Å². The fourth-order valence-electron chi connectivity index (χ4n) is 2.00. The summed E-state index contributed by atoms with van der Waals surface area (Å²) in [6, 6.07) is 0.142. The monoisotopic (exact) mass is 243 g/mol. The standard InChI is InChI=1S/C13H25NO3/c1-8(11(4)15)6-9(2)12(14-5)7-10(3)13(16)17/h8-10,12,14H,6-7H2,1-5H3,(H,16,17). The Bertz CT molecular complexity index is 265. The molecule has 0 bridgehead atoms. The highest BCUT2D eigenvalue weighted by Gasteiger charge is 2.24. The Balaban J connectivity index is 4.35. The number of carboxylic acid groups (broad SMARTS) is 1. The van der Waals surface area contributed by atoms with Gasteiger partial charge in [0.1, 0.15) is 5.78 Å². The smallest absolute Gasteiger partial charge is 0.306 e. The molecule has 0 saturated heterocycles. The lowest BCUT2D eigenvalue weighted by molar-refractivity contribution is -0.141. The van der Waals surface area contributed by atoms with Crippen molar-refractivity contribution >= 4 is 11.8 Å². The van der Waals surface area contributed by atoms with Crippen LogP contribution >= 0.6 is 0 Å². The van der Waals surface area contributed by atoms with Crippen molar-refractivity contribution in [1.29, 1.82) is 0 Å². The average molecular weight is 243 g/mol. The number of carbonyl (C=O) groups excluding carboxylic acids is 1. The maximum Gasteiger partial charge on any atom is 0.306 e. The van der Waals surface area contributed by atoms with Gasteiger partial charge < -0.3 is 10.4 Å². The maximum atomic E-state index is 11.2. The van der Waals surface area contributed by atoms with Crippen LogP contribution in [0.5, 0.6) is 0 Å². The molecule has 4 atom stereocenters. The van der Waals surface area contributed by atoms with Crippen molar-refractivity contribution in [2.24, 2.45) is 17.8 Å². The van der Waals surface area contributed by atoms with Gasteiger partial charge in [0.15, 0.2) is 0 Å². The van der Waals surface area contributed by atoms with Gasteiger partial charge in [0, 0.05) is 12.0 Å². The molecule has 0 aromatic heterocycles. The number of carbonyl (C=O) groups is 2.